The highest BCUT2D eigenvalue weighted by Gasteiger charge is 2.47. The fourth-order valence-corrected chi connectivity index (χ4v) is 2.24. The van der Waals surface area contributed by atoms with Gasteiger partial charge >= 0.3 is 5.97 Å². The number of aryl methyl sites for hydroxylation is 1. The van der Waals surface area contributed by atoms with E-state index < -0.39 is 17.4 Å². The van der Waals surface area contributed by atoms with Gasteiger partial charge in [0, 0.05) is 6.08 Å². The predicted octanol–water partition coefficient (Wildman–Crippen LogP) is 1.61. The first-order valence-corrected chi connectivity index (χ1v) is 6.79. The fraction of sp³-hybridized carbons (Fsp3) is 0.375. The molecular weight excluding hydrogens is 270 g/mol. The first-order valence-electron chi connectivity index (χ1n) is 6.79. The summed E-state index contributed by atoms with van der Waals surface area (Å²) in [5.74, 6) is -1.28. The molecule has 1 saturated heterocycles. The topological polar surface area (TPSA) is 75.6 Å². The van der Waals surface area contributed by atoms with Gasteiger partial charge in [-0.25, -0.2) is 0 Å². The van der Waals surface area contributed by atoms with Gasteiger partial charge in [0.1, 0.15) is 5.41 Å². The van der Waals surface area contributed by atoms with Crippen LogP contribution in [-0.4, -0.2) is 36.2 Å². The van der Waals surface area contributed by atoms with E-state index in [1.165, 1.54) is 6.08 Å². The number of carboxylic acid groups (broad SMARTS) is 1. The molecule has 2 rings (SSSR count). The van der Waals surface area contributed by atoms with E-state index in [0.717, 1.165) is 11.1 Å². The summed E-state index contributed by atoms with van der Waals surface area (Å²) in [5.41, 5.74) is 0.948. The van der Waals surface area contributed by atoms with Crippen LogP contribution in [0.1, 0.15) is 18.1 Å². The summed E-state index contributed by atoms with van der Waals surface area (Å²) in [6, 6.07) is 7.19. The quantitative estimate of drug-likeness (QED) is 0.826. The number of ether oxygens (including phenoxy) is 1. The maximum atomic E-state index is 11.9. The summed E-state index contributed by atoms with van der Waals surface area (Å²) >= 11 is 0. The zero-order valence-corrected chi connectivity index (χ0v) is 12.1. The minimum atomic E-state index is -1.08. The van der Waals surface area contributed by atoms with Crippen molar-refractivity contribution in [1.82, 2.24) is 5.32 Å². The third-order valence-corrected chi connectivity index (χ3v) is 3.86. The summed E-state index contributed by atoms with van der Waals surface area (Å²) in [4.78, 5) is 23.2. The molecule has 1 fully saturated rings. The Morgan fingerprint density at radius 1 is 1.43 bits per heavy atom. The molecule has 0 aromatic heterocycles. The van der Waals surface area contributed by atoms with Gasteiger partial charge in [0.15, 0.2) is 0 Å². The highest BCUT2D eigenvalue weighted by atomic mass is 16.5. The van der Waals surface area contributed by atoms with Crippen molar-refractivity contribution in [3.63, 3.8) is 0 Å². The average Bonchev–Trinajstić information content (AvgIpc) is 2.81. The molecule has 1 amide bonds. The van der Waals surface area contributed by atoms with Crippen molar-refractivity contribution in [2.75, 3.05) is 13.2 Å². The third kappa shape index (κ3) is 3.31. The summed E-state index contributed by atoms with van der Waals surface area (Å²) < 4.78 is 5.20. The normalized spacial score (nSPS) is 25.1. The SMILES string of the molecule is Cc1ccccc1C=CC(=O)NC1COCC1(C)C(=O)O. The zero-order valence-electron chi connectivity index (χ0n) is 12.1. The van der Waals surface area contributed by atoms with Crippen molar-refractivity contribution in [3.05, 3.63) is 41.5 Å². The Morgan fingerprint density at radius 3 is 2.81 bits per heavy atom. The largest absolute Gasteiger partial charge is 0.481 e. The van der Waals surface area contributed by atoms with Crippen molar-refractivity contribution >= 4 is 18.0 Å². The van der Waals surface area contributed by atoms with E-state index in [-0.39, 0.29) is 19.1 Å². The molecule has 1 aliphatic heterocycles. The van der Waals surface area contributed by atoms with Crippen molar-refractivity contribution in [3.8, 4) is 0 Å². The van der Waals surface area contributed by atoms with Crippen LogP contribution in [0.2, 0.25) is 0 Å². The highest BCUT2D eigenvalue weighted by molar-refractivity contribution is 5.92. The van der Waals surface area contributed by atoms with Crippen molar-refractivity contribution in [2.24, 2.45) is 5.41 Å². The lowest BCUT2D eigenvalue weighted by atomic mass is 9.85. The molecule has 0 aliphatic carbocycles. The second-order valence-corrected chi connectivity index (χ2v) is 5.49. The number of hydrogen-bond donors (Lipinski definition) is 2. The van der Waals surface area contributed by atoms with Crippen LogP contribution in [-0.2, 0) is 14.3 Å². The second-order valence-electron chi connectivity index (χ2n) is 5.49. The lowest BCUT2D eigenvalue weighted by Gasteiger charge is -2.24. The van der Waals surface area contributed by atoms with Gasteiger partial charge in [0.25, 0.3) is 0 Å². The third-order valence-electron chi connectivity index (χ3n) is 3.86. The minimum Gasteiger partial charge on any atom is -0.481 e. The van der Waals surface area contributed by atoms with Crippen molar-refractivity contribution in [2.45, 2.75) is 19.9 Å². The van der Waals surface area contributed by atoms with Crippen LogP contribution in [0.15, 0.2) is 30.3 Å². The highest BCUT2D eigenvalue weighted by Crippen LogP contribution is 2.28. The fourth-order valence-electron chi connectivity index (χ4n) is 2.24. The number of carbonyl (C=O) groups excluding carboxylic acids is 1. The van der Waals surface area contributed by atoms with E-state index in [1.54, 1.807) is 13.0 Å². The molecule has 0 radical (unpaired) electrons. The summed E-state index contributed by atoms with van der Waals surface area (Å²) in [6.07, 6.45) is 3.14. The molecule has 0 saturated carbocycles. The molecule has 0 bridgehead atoms. The zero-order chi connectivity index (χ0) is 15.5. The number of carbonyl (C=O) groups is 2. The van der Waals surface area contributed by atoms with E-state index in [0.29, 0.717) is 0 Å². The van der Waals surface area contributed by atoms with Crippen LogP contribution in [0.4, 0.5) is 0 Å². The molecular formula is C16H19NO4. The Hall–Kier alpha value is -2.14. The molecule has 1 aromatic carbocycles. The van der Waals surface area contributed by atoms with Crippen LogP contribution in [0.3, 0.4) is 0 Å². The van der Waals surface area contributed by atoms with Crippen LogP contribution < -0.4 is 5.32 Å². The number of amides is 1. The monoisotopic (exact) mass is 289 g/mol. The van der Waals surface area contributed by atoms with Gasteiger partial charge in [-0.15, -0.1) is 0 Å². The van der Waals surface area contributed by atoms with Crippen molar-refractivity contribution < 1.29 is 19.4 Å². The van der Waals surface area contributed by atoms with Crippen LogP contribution >= 0.6 is 0 Å². The Kier molecular flexibility index (Phi) is 4.43. The Balaban J connectivity index is 2.02. The first kappa shape index (κ1) is 15.3. The van der Waals surface area contributed by atoms with Crippen LogP contribution in [0, 0.1) is 12.3 Å². The molecule has 5 heteroatoms. The number of aliphatic carboxylic acids is 1. The maximum absolute atomic E-state index is 11.9. The number of hydrogen-bond acceptors (Lipinski definition) is 3. The van der Waals surface area contributed by atoms with Gasteiger partial charge < -0.3 is 15.2 Å². The van der Waals surface area contributed by atoms with Gasteiger partial charge in [0.2, 0.25) is 5.91 Å². The molecule has 5 nitrogen and oxygen atoms in total. The minimum absolute atomic E-state index is 0.106. The van der Waals surface area contributed by atoms with E-state index >= 15 is 0 Å². The molecule has 0 spiro atoms. The lowest BCUT2D eigenvalue weighted by molar-refractivity contribution is -0.148. The molecule has 1 aliphatic rings. The molecule has 112 valence electrons. The number of nitrogens with one attached hydrogen (secondary N) is 1. The smallest absolute Gasteiger partial charge is 0.313 e. The van der Waals surface area contributed by atoms with Gasteiger partial charge in [-0.2, -0.15) is 0 Å². The number of carboxylic acids is 1. The van der Waals surface area contributed by atoms with Gasteiger partial charge in [-0.1, -0.05) is 24.3 Å². The van der Waals surface area contributed by atoms with Crippen LogP contribution in [0.25, 0.3) is 6.08 Å². The molecule has 2 atom stereocenters. The molecule has 2 unspecified atom stereocenters. The average molecular weight is 289 g/mol. The summed E-state index contributed by atoms with van der Waals surface area (Å²) in [6.45, 7) is 3.86. The predicted molar refractivity (Wildman–Crippen MR) is 78.7 cm³/mol. The Labute approximate surface area is 123 Å². The van der Waals surface area contributed by atoms with E-state index in [1.807, 2.05) is 31.2 Å². The van der Waals surface area contributed by atoms with Crippen LogP contribution in [0.5, 0.6) is 0 Å². The maximum Gasteiger partial charge on any atom is 0.313 e. The molecule has 21 heavy (non-hydrogen) atoms. The molecule has 1 aromatic rings. The van der Waals surface area contributed by atoms with Gasteiger partial charge in [-0.3, -0.25) is 9.59 Å². The van der Waals surface area contributed by atoms with E-state index in [2.05, 4.69) is 5.32 Å². The summed E-state index contributed by atoms with van der Waals surface area (Å²) in [5, 5.41) is 12.0. The number of benzene rings is 1. The standard InChI is InChI=1S/C16H19NO4/c1-11-5-3-4-6-12(11)7-8-14(18)17-13-9-21-10-16(13,2)15(19)20/h3-8,13H,9-10H2,1-2H3,(H,17,18)(H,19,20). The number of rotatable bonds is 4. The van der Waals surface area contributed by atoms with Crippen molar-refractivity contribution in [1.29, 1.82) is 0 Å². The molecule has 1 heterocycles. The first-order chi connectivity index (χ1) is 9.93. The lowest BCUT2D eigenvalue weighted by Crippen LogP contribution is -2.49. The van der Waals surface area contributed by atoms with E-state index in [9.17, 15) is 14.7 Å². The Morgan fingerprint density at radius 2 is 2.14 bits per heavy atom. The second kappa shape index (κ2) is 6.10. The van der Waals surface area contributed by atoms with Gasteiger partial charge in [0.05, 0.1) is 19.3 Å². The summed E-state index contributed by atoms with van der Waals surface area (Å²) in [7, 11) is 0. The van der Waals surface area contributed by atoms with E-state index in [4.69, 9.17) is 4.74 Å². The Bertz CT molecular complexity index is 581. The van der Waals surface area contributed by atoms with Gasteiger partial charge in [-0.05, 0) is 31.1 Å². The molecule has 2 N–H and O–H groups in total.